The highest BCUT2D eigenvalue weighted by molar-refractivity contribution is 8.33. The van der Waals surface area contributed by atoms with Crippen molar-refractivity contribution in [2.24, 2.45) is 11.8 Å². The van der Waals surface area contributed by atoms with Crippen LogP contribution in [0.3, 0.4) is 0 Å². The largest absolute Gasteiger partial charge is 0.370 e. The zero-order valence-corrected chi connectivity index (χ0v) is 19.7. The molecular formula is C24H38O2S2. The van der Waals surface area contributed by atoms with Gasteiger partial charge in [0.2, 0.25) is 0 Å². The van der Waals surface area contributed by atoms with Gasteiger partial charge in [0.1, 0.15) is 0 Å². The maximum atomic E-state index is 5.76. The van der Waals surface area contributed by atoms with E-state index in [2.05, 4.69) is 49.3 Å². The molecule has 2 saturated heterocycles. The Labute approximate surface area is 174 Å². The second-order valence-electron chi connectivity index (χ2n) is 10.7. The Morgan fingerprint density at radius 1 is 0.643 bits per heavy atom. The van der Waals surface area contributed by atoms with Crippen LogP contribution in [-0.2, 0) is 9.47 Å². The lowest BCUT2D eigenvalue weighted by Gasteiger charge is -2.39. The third kappa shape index (κ3) is 4.17. The molecule has 0 spiro atoms. The maximum absolute atomic E-state index is 5.76. The molecule has 0 amide bonds. The van der Waals surface area contributed by atoms with Gasteiger partial charge in [-0.2, -0.15) is 0 Å². The number of epoxide rings is 2. The van der Waals surface area contributed by atoms with Crippen molar-refractivity contribution in [2.45, 2.75) is 72.7 Å². The summed E-state index contributed by atoms with van der Waals surface area (Å²) in [4.78, 5) is 3.19. The van der Waals surface area contributed by atoms with Crippen LogP contribution in [0.25, 0.3) is 0 Å². The molecule has 158 valence electrons. The van der Waals surface area contributed by atoms with Crippen molar-refractivity contribution in [1.29, 1.82) is 0 Å². The molecule has 28 heavy (non-hydrogen) atoms. The highest BCUT2D eigenvalue weighted by Gasteiger charge is 2.45. The minimum Gasteiger partial charge on any atom is -0.370 e. The molecule has 1 aromatic rings. The number of benzene rings is 1. The summed E-state index contributed by atoms with van der Waals surface area (Å²) in [6, 6.07) is 9.89. The van der Waals surface area contributed by atoms with Crippen molar-refractivity contribution in [1.82, 2.24) is 0 Å². The van der Waals surface area contributed by atoms with Crippen molar-refractivity contribution >= 4 is 20.1 Å². The second kappa shape index (κ2) is 7.21. The molecule has 0 aromatic heterocycles. The summed E-state index contributed by atoms with van der Waals surface area (Å²) in [6.07, 6.45) is 20.5. The van der Waals surface area contributed by atoms with Gasteiger partial charge in [0.25, 0.3) is 0 Å². The Bertz CT molecular complexity index is 653. The minimum atomic E-state index is -0.719. The Balaban J connectivity index is 1.22. The van der Waals surface area contributed by atoms with Crippen LogP contribution in [0.5, 0.6) is 0 Å². The first kappa shape index (κ1) is 19.8. The summed E-state index contributed by atoms with van der Waals surface area (Å²) in [6.45, 7) is 0. The first-order chi connectivity index (χ1) is 13.3. The second-order valence-corrected chi connectivity index (χ2v) is 18.4. The number of fused-ring (bicyclic) bond motifs is 2. The Hall–Kier alpha value is -0.160. The van der Waals surface area contributed by atoms with E-state index in [1.165, 1.54) is 50.0 Å². The van der Waals surface area contributed by atoms with E-state index in [0.717, 1.165) is 11.8 Å². The van der Waals surface area contributed by atoms with Gasteiger partial charge < -0.3 is 9.47 Å². The van der Waals surface area contributed by atoms with Crippen LogP contribution < -0.4 is 0 Å². The number of ether oxygens (including phenoxy) is 2. The van der Waals surface area contributed by atoms with Gasteiger partial charge in [0.15, 0.2) is 0 Å². The molecule has 0 N–H and O–H groups in total. The molecule has 0 bridgehead atoms. The van der Waals surface area contributed by atoms with Gasteiger partial charge >= 0.3 is 0 Å². The fraction of sp³-hybridized carbons (Fsp3) is 0.750. The highest BCUT2D eigenvalue weighted by Crippen LogP contribution is 2.57. The van der Waals surface area contributed by atoms with E-state index < -0.39 is 20.1 Å². The maximum Gasteiger partial charge on any atom is 0.0844 e. The predicted molar refractivity (Wildman–Crippen MR) is 124 cm³/mol. The third-order valence-corrected chi connectivity index (χ3v) is 13.3. The average molecular weight is 423 g/mol. The highest BCUT2D eigenvalue weighted by atomic mass is 32.3. The molecule has 2 saturated carbocycles. The predicted octanol–water partition coefficient (Wildman–Crippen LogP) is 5.67. The molecule has 5 rings (SSSR count). The van der Waals surface area contributed by atoms with Gasteiger partial charge in [-0.25, -0.2) is 20.1 Å². The Morgan fingerprint density at radius 2 is 1.04 bits per heavy atom. The van der Waals surface area contributed by atoms with E-state index in [-0.39, 0.29) is 0 Å². The SMILES string of the molecule is CS(C)(CC1CCC2OC2C1)c1ccc(S(C)(C)CC2CCC3OC3C2)cc1. The summed E-state index contributed by atoms with van der Waals surface area (Å²) in [5.41, 5.74) is 0. The minimum absolute atomic E-state index is 0.608. The average Bonchev–Trinajstić information content (AvgIpc) is 3.55. The molecule has 4 aliphatic rings. The monoisotopic (exact) mass is 422 g/mol. The van der Waals surface area contributed by atoms with Crippen LogP contribution in [0.15, 0.2) is 34.1 Å². The van der Waals surface area contributed by atoms with Crippen LogP contribution in [0, 0.1) is 11.8 Å². The Kier molecular flexibility index (Phi) is 5.10. The summed E-state index contributed by atoms with van der Waals surface area (Å²) in [7, 11) is -1.44. The van der Waals surface area contributed by atoms with Gasteiger partial charge in [0.05, 0.1) is 24.4 Å². The van der Waals surface area contributed by atoms with Gasteiger partial charge in [-0.1, -0.05) is 0 Å². The lowest BCUT2D eigenvalue weighted by molar-refractivity contribution is 0.367. The van der Waals surface area contributed by atoms with E-state index in [4.69, 9.17) is 9.47 Å². The molecule has 2 aliphatic carbocycles. The summed E-state index contributed by atoms with van der Waals surface area (Å²) in [5, 5.41) is 0. The number of hydrogen-bond donors (Lipinski definition) is 0. The van der Waals surface area contributed by atoms with E-state index >= 15 is 0 Å². The van der Waals surface area contributed by atoms with Gasteiger partial charge in [-0.05, 0) is 121 Å². The zero-order chi connectivity index (χ0) is 19.5. The zero-order valence-electron chi connectivity index (χ0n) is 18.1. The molecule has 6 atom stereocenters. The van der Waals surface area contributed by atoms with E-state index in [0.29, 0.717) is 24.4 Å². The first-order valence-corrected chi connectivity index (χ1v) is 16.4. The fourth-order valence-corrected chi connectivity index (χ4v) is 10.9. The van der Waals surface area contributed by atoms with Gasteiger partial charge in [-0.15, -0.1) is 0 Å². The van der Waals surface area contributed by atoms with Crippen molar-refractivity contribution in [3.63, 3.8) is 0 Å². The molecule has 1 aromatic carbocycles. The van der Waals surface area contributed by atoms with Crippen LogP contribution >= 0.6 is 20.1 Å². The van der Waals surface area contributed by atoms with Crippen LogP contribution in [0.4, 0.5) is 0 Å². The normalized spacial score (nSPS) is 38.3. The van der Waals surface area contributed by atoms with E-state index in [9.17, 15) is 0 Å². The first-order valence-electron chi connectivity index (χ1n) is 11.1. The van der Waals surface area contributed by atoms with Crippen molar-refractivity contribution in [3.8, 4) is 0 Å². The Morgan fingerprint density at radius 3 is 1.39 bits per heavy atom. The van der Waals surface area contributed by atoms with Gasteiger partial charge in [-0.3, -0.25) is 0 Å². The molecule has 4 fully saturated rings. The molecule has 4 heteroatoms. The molecule has 2 heterocycles. The lowest BCUT2D eigenvalue weighted by Crippen LogP contribution is -2.20. The summed E-state index contributed by atoms with van der Waals surface area (Å²) >= 11 is 0. The van der Waals surface area contributed by atoms with E-state index in [1.807, 2.05) is 0 Å². The van der Waals surface area contributed by atoms with E-state index in [1.54, 1.807) is 9.79 Å². The smallest absolute Gasteiger partial charge is 0.0844 e. The molecule has 2 nitrogen and oxygen atoms in total. The van der Waals surface area contributed by atoms with Crippen molar-refractivity contribution in [3.05, 3.63) is 24.3 Å². The molecule has 2 aliphatic heterocycles. The molecule has 0 radical (unpaired) electrons. The number of rotatable bonds is 6. The lowest BCUT2D eigenvalue weighted by atomic mass is 9.91. The third-order valence-electron chi connectivity index (χ3n) is 7.63. The molecule has 6 unspecified atom stereocenters. The topological polar surface area (TPSA) is 25.1 Å². The fourth-order valence-electron chi connectivity index (χ4n) is 5.82. The number of hydrogen-bond acceptors (Lipinski definition) is 2. The summed E-state index contributed by atoms with van der Waals surface area (Å²) < 4.78 is 11.5. The molecular weight excluding hydrogens is 384 g/mol. The summed E-state index contributed by atoms with van der Waals surface area (Å²) in [5.74, 6) is 4.49. The van der Waals surface area contributed by atoms with Crippen molar-refractivity contribution in [2.75, 3.05) is 36.5 Å². The van der Waals surface area contributed by atoms with Gasteiger partial charge in [0, 0.05) is 0 Å². The quantitative estimate of drug-likeness (QED) is 0.552. The standard InChI is InChI=1S/C24H38O2S2/c1-27(2,15-17-5-11-21-23(13-17)25-21)19-7-9-20(10-8-19)28(3,4)16-18-6-12-22-24(14-18)26-22/h7-10,17-18,21-24H,5-6,11-16H2,1-4H3. The van der Waals surface area contributed by atoms with Crippen LogP contribution in [-0.4, -0.2) is 60.9 Å². The van der Waals surface area contributed by atoms with Crippen molar-refractivity contribution < 1.29 is 9.47 Å². The van der Waals surface area contributed by atoms with Crippen LogP contribution in [0.1, 0.15) is 38.5 Å². The van der Waals surface area contributed by atoms with Crippen LogP contribution in [0.2, 0.25) is 0 Å².